The summed E-state index contributed by atoms with van der Waals surface area (Å²) >= 11 is 0. The molecule has 0 spiro atoms. The number of aliphatic hydroxyl groups is 1. The van der Waals surface area contributed by atoms with E-state index in [4.69, 9.17) is 9.15 Å². The molecule has 200 valence electrons. The lowest BCUT2D eigenvalue weighted by molar-refractivity contribution is -0.117. The lowest BCUT2D eigenvalue weighted by atomic mass is 9.94. The van der Waals surface area contributed by atoms with Gasteiger partial charge in [0.15, 0.2) is 22.9 Å². The lowest BCUT2D eigenvalue weighted by Gasteiger charge is -2.29. The molecule has 0 bridgehead atoms. The molecule has 0 aliphatic carbocycles. The summed E-state index contributed by atoms with van der Waals surface area (Å²) in [6.45, 7) is 9.74. The van der Waals surface area contributed by atoms with Crippen molar-refractivity contribution in [2.45, 2.75) is 33.7 Å². The Balaban J connectivity index is 1.66. The second kappa shape index (κ2) is 10.3. The van der Waals surface area contributed by atoms with Gasteiger partial charge in [-0.3, -0.25) is 14.5 Å². The molecule has 0 radical (unpaired) electrons. The molecule has 39 heavy (non-hydrogen) atoms. The molecule has 3 aromatic carbocycles. The van der Waals surface area contributed by atoms with Gasteiger partial charge in [0.05, 0.1) is 18.7 Å². The fourth-order valence-corrected chi connectivity index (χ4v) is 5.28. The first-order chi connectivity index (χ1) is 18.8. The molecule has 1 atom stereocenters. The van der Waals surface area contributed by atoms with Crippen LogP contribution >= 0.6 is 0 Å². The molecule has 7 heteroatoms. The van der Waals surface area contributed by atoms with Gasteiger partial charge >= 0.3 is 0 Å². The highest BCUT2D eigenvalue weighted by atomic mass is 16.5. The number of aryl methyl sites for hydroxylation is 2. The van der Waals surface area contributed by atoms with Crippen LogP contribution in [0, 0.1) is 13.8 Å². The monoisotopic (exact) mass is 524 g/mol. The summed E-state index contributed by atoms with van der Waals surface area (Å²) in [6.07, 6.45) is 0. The second-order valence-electron chi connectivity index (χ2n) is 9.71. The van der Waals surface area contributed by atoms with E-state index in [-0.39, 0.29) is 11.3 Å². The molecule has 1 unspecified atom stereocenters. The Bertz CT molecular complexity index is 1590. The number of benzene rings is 3. The average Bonchev–Trinajstić information content (AvgIpc) is 3.50. The highest BCUT2D eigenvalue weighted by molar-refractivity contribution is 6.21. The lowest BCUT2D eigenvalue weighted by Crippen LogP contribution is -2.31. The summed E-state index contributed by atoms with van der Waals surface area (Å²) in [6, 6.07) is 19.7. The number of nitrogens with zero attached hydrogens (tertiary/aromatic N) is 2. The fourth-order valence-electron chi connectivity index (χ4n) is 5.28. The SMILES string of the molecule is CCN(CC)c1ccc(C2C(C(=O)c3cc4cccc(OC)c4o3)=C(O)C(=O)N2c2cc(C)ccc2C)cc1. The Morgan fingerprint density at radius 1 is 1.03 bits per heavy atom. The van der Waals surface area contributed by atoms with Crippen LogP contribution in [-0.4, -0.2) is 37.0 Å². The number of methoxy groups -OCH3 is 1. The molecular formula is C32H32N2O5. The Morgan fingerprint density at radius 3 is 2.41 bits per heavy atom. The van der Waals surface area contributed by atoms with Crippen LogP contribution in [0.15, 0.2) is 82.5 Å². The van der Waals surface area contributed by atoms with Gasteiger partial charge in [0.1, 0.15) is 0 Å². The van der Waals surface area contributed by atoms with E-state index < -0.39 is 23.5 Å². The molecule has 1 aromatic heterocycles. The van der Waals surface area contributed by atoms with E-state index in [1.54, 1.807) is 12.1 Å². The number of hydrogen-bond donors (Lipinski definition) is 1. The van der Waals surface area contributed by atoms with Crippen LogP contribution in [0.1, 0.15) is 47.1 Å². The van der Waals surface area contributed by atoms with Gasteiger partial charge in [0.2, 0.25) is 5.78 Å². The molecule has 7 nitrogen and oxygen atoms in total. The molecule has 2 heterocycles. The van der Waals surface area contributed by atoms with Gasteiger partial charge in [-0.05, 0) is 74.7 Å². The Hall–Kier alpha value is -4.52. The topological polar surface area (TPSA) is 83.2 Å². The molecule has 1 aliphatic rings. The van der Waals surface area contributed by atoms with Crippen molar-refractivity contribution < 1.29 is 23.8 Å². The van der Waals surface area contributed by atoms with Crippen LogP contribution in [0.25, 0.3) is 11.0 Å². The van der Waals surface area contributed by atoms with Crippen molar-refractivity contribution in [1.82, 2.24) is 0 Å². The molecule has 0 fully saturated rings. The number of aliphatic hydroxyl groups excluding tert-OH is 1. The zero-order valence-corrected chi connectivity index (χ0v) is 22.8. The summed E-state index contributed by atoms with van der Waals surface area (Å²) in [5.41, 5.74) is 4.61. The Morgan fingerprint density at radius 2 is 1.74 bits per heavy atom. The molecule has 1 N–H and O–H groups in total. The minimum Gasteiger partial charge on any atom is -0.503 e. The second-order valence-corrected chi connectivity index (χ2v) is 9.71. The Kier molecular flexibility index (Phi) is 6.91. The van der Waals surface area contributed by atoms with E-state index in [9.17, 15) is 14.7 Å². The number of ketones is 1. The van der Waals surface area contributed by atoms with Crippen molar-refractivity contribution in [3.63, 3.8) is 0 Å². The van der Waals surface area contributed by atoms with Crippen molar-refractivity contribution >= 4 is 34.0 Å². The number of hydrogen-bond acceptors (Lipinski definition) is 6. The molecule has 4 aromatic rings. The predicted molar refractivity (Wildman–Crippen MR) is 153 cm³/mol. The molecule has 5 rings (SSSR count). The third-order valence-electron chi connectivity index (χ3n) is 7.37. The number of ether oxygens (including phenoxy) is 1. The molecule has 1 aliphatic heterocycles. The molecule has 1 amide bonds. The van der Waals surface area contributed by atoms with E-state index >= 15 is 0 Å². The zero-order valence-electron chi connectivity index (χ0n) is 22.8. The number of anilines is 2. The molecule has 0 saturated heterocycles. The molecule has 0 saturated carbocycles. The van der Waals surface area contributed by atoms with E-state index in [1.807, 2.05) is 68.4 Å². The highest BCUT2D eigenvalue weighted by Gasteiger charge is 2.46. The molecular weight excluding hydrogens is 492 g/mol. The maximum Gasteiger partial charge on any atom is 0.294 e. The minimum absolute atomic E-state index is 0.0190. The van der Waals surface area contributed by atoms with Crippen LogP contribution in [0.4, 0.5) is 11.4 Å². The van der Waals surface area contributed by atoms with Crippen molar-refractivity contribution in [2.24, 2.45) is 0 Å². The largest absolute Gasteiger partial charge is 0.503 e. The van der Waals surface area contributed by atoms with Crippen LogP contribution in [0.2, 0.25) is 0 Å². The third-order valence-corrected chi connectivity index (χ3v) is 7.37. The maximum absolute atomic E-state index is 14.0. The standard InChI is InChI=1S/C32H32N2O5/c1-6-33(7-2)23-15-13-21(14-16-23)28-27(29(35)26-18-22-9-8-10-25(38-5)31(22)39-26)30(36)32(37)34(28)24-17-19(3)11-12-20(24)4/h8-18,28,36H,6-7H2,1-5H3. The van der Waals surface area contributed by atoms with Gasteiger partial charge < -0.3 is 19.2 Å². The van der Waals surface area contributed by atoms with Crippen molar-refractivity contribution in [2.75, 3.05) is 30.0 Å². The quantitative estimate of drug-likeness (QED) is 0.259. The van der Waals surface area contributed by atoms with E-state index in [0.29, 0.717) is 28.0 Å². The van der Waals surface area contributed by atoms with E-state index in [1.165, 1.54) is 12.0 Å². The van der Waals surface area contributed by atoms with E-state index in [0.717, 1.165) is 29.9 Å². The van der Waals surface area contributed by atoms with Crippen LogP contribution in [0.3, 0.4) is 0 Å². The minimum atomic E-state index is -0.841. The average molecular weight is 525 g/mol. The first-order valence-electron chi connectivity index (χ1n) is 13.1. The van der Waals surface area contributed by atoms with Crippen molar-refractivity contribution in [1.29, 1.82) is 0 Å². The number of furan rings is 1. The van der Waals surface area contributed by atoms with Gasteiger partial charge in [-0.2, -0.15) is 0 Å². The van der Waals surface area contributed by atoms with Gasteiger partial charge in [-0.25, -0.2) is 0 Å². The summed E-state index contributed by atoms with van der Waals surface area (Å²) in [5, 5.41) is 11.9. The van der Waals surface area contributed by atoms with Crippen LogP contribution in [0.5, 0.6) is 5.75 Å². The van der Waals surface area contributed by atoms with Gasteiger partial charge in [0.25, 0.3) is 5.91 Å². The van der Waals surface area contributed by atoms with Crippen LogP contribution < -0.4 is 14.5 Å². The maximum atomic E-state index is 14.0. The number of amides is 1. The summed E-state index contributed by atoms with van der Waals surface area (Å²) in [7, 11) is 1.53. The fraction of sp³-hybridized carbons (Fsp3) is 0.250. The third kappa shape index (κ3) is 4.44. The number of para-hydroxylation sites is 1. The number of rotatable bonds is 8. The normalized spacial score (nSPS) is 15.4. The summed E-state index contributed by atoms with van der Waals surface area (Å²) < 4.78 is 11.3. The Labute approximate surface area is 227 Å². The smallest absolute Gasteiger partial charge is 0.294 e. The first kappa shape index (κ1) is 26.1. The number of Topliss-reactive ketones (excluding diaryl/α,β-unsaturated/α-hetero) is 1. The van der Waals surface area contributed by atoms with E-state index in [2.05, 4.69) is 18.7 Å². The van der Waals surface area contributed by atoms with Crippen molar-refractivity contribution in [3.05, 3.63) is 101 Å². The highest BCUT2D eigenvalue weighted by Crippen LogP contribution is 2.44. The van der Waals surface area contributed by atoms with Gasteiger partial charge in [-0.15, -0.1) is 0 Å². The van der Waals surface area contributed by atoms with Crippen molar-refractivity contribution in [3.8, 4) is 5.75 Å². The number of carbonyl (C=O) groups is 2. The number of carbonyl (C=O) groups excluding carboxylic acids is 2. The summed E-state index contributed by atoms with van der Waals surface area (Å²) in [5.74, 6) is -1.24. The zero-order chi connectivity index (χ0) is 27.8. The summed E-state index contributed by atoms with van der Waals surface area (Å²) in [4.78, 5) is 31.4. The van der Waals surface area contributed by atoms with Crippen LogP contribution in [-0.2, 0) is 4.79 Å². The predicted octanol–water partition coefficient (Wildman–Crippen LogP) is 6.69. The first-order valence-corrected chi connectivity index (χ1v) is 13.1. The van der Waals surface area contributed by atoms with Gasteiger partial charge in [-0.1, -0.05) is 36.4 Å². The van der Waals surface area contributed by atoms with Gasteiger partial charge in [0, 0.05) is 29.9 Å². The number of fused-ring (bicyclic) bond motifs is 1.